The molecule has 2 aromatic rings. The molecule has 3 rings (SSSR count). The van der Waals surface area contributed by atoms with E-state index in [1.807, 2.05) is 28.8 Å². The molecule has 0 radical (unpaired) electrons. The maximum absolute atomic E-state index is 5.26. The lowest BCUT2D eigenvalue weighted by atomic mass is 9.88. The van der Waals surface area contributed by atoms with E-state index in [2.05, 4.69) is 29.4 Å². The summed E-state index contributed by atoms with van der Waals surface area (Å²) in [5, 5.41) is 11.9. The predicted molar refractivity (Wildman–Crippen MR) is 68.3 cm³/mol. The van der Waals surface area contributed by atoms with Crippen molar-refractivity contribution in [1.29, 1.82) is 0 Å². The second-order valence-corrected chi connectivity index (χ2v) is 5.39. The third kappa shape index (κ3) is 2.00. The molecule has 1 saturated heterocycles. The molecule has 18 heavy (non-hydrogen) atoms. The van der Waals surface area contributed by atoms with Crippen molar-refractivity contribution >= 4 is 5.65 Å². The summed E-state index contributed by atoms with van der Waals surface area (Å²) in [5.41, 5.74) is 1.16. The molecule has 0 saturated carbocycles. The van der Waals surface area contributed by atoms with Gasteiger partial charge < -0.3 is 10.1 Å². The molecule has 96 valence electrons. The van der Waals surface area contributed by atoms with Gasteiger partial charge in [0.15, 0.2) is 11.5 Å². The molecule has 5 heteroatoms. The van der Waals surface area contributed by atoms with Crippen molar-refractivity contribution < 1.29 is 4.74 Å². The highest BCUT2D eigenvalue weighted by atomic mass is 16.5. The largest absolute Gasteiger partial charge is 0.380 e. The van der Waals surface area contributed by atoms with Gasteiger partial charge >= 0.3 is 0 Å². The van der Waals surface area contributed by atoms with Gasteiger partial charge in [-0.1, -0.05) is 13.0 Å². The molecule has 0 aliphatic carbocycles. The molecule has 1 aliphatic heterocycles. The Morgan fingerprint density at radius 2 is 2.28 bits per heavy atom. The Kier molecular flexibility index (Phi) is 2.80. The van der Waals surface area contributed by atoms with Crippen molar-refractivity contribution in [2.45, 2.75) is 19.9 Å². The van der Waals surface area contributed by atoms with Gasteiger partial charge in [-0.15, -0.1) is 10.2 Å². The molecule has 0 amide bonds. The van der Waals surface area contributed by atoms with E-state index >= 15 is 0 Å². The maximum Gasteiger partial charge on any atom is 0.160 e. The van der Waals surface area contributed by atoms with Gasteiger partial charge in [-0.3, -0.25) is 4.40 Å². The van der Waals surface area contributed by atoms with Gasteiger partial charge in [-0.05, 0) is 19.1 Å². The lowest BCUT2D eigenvalue weighted by Gasteiger charge is -2.38. The van der Waals surface area contributed by atoms with Crippen molar-refractivity contribution in [2.24, 2.45) is 5.41 Å². The number of fused-ring (bicyclic) bond motifs is 1. The number of ether oxygens (including phenoxy) is 1. The number of rotatable bonds is 4. The fraction of sp³-hybridized carbons (Fsp3) is 0.538. The Morgan fingerprint density at radius 3 is 3.00 bits per heavy atom. The SMILES string of the molecule is CC(NCC1(C)COC1)c1nnc2ccccn12. The standard InChI is InChI=1S/C13H18N4O/c1-10(14-7-13(2)8-18-9-13)12-16-15-11-5-3-4-6-17(11)12/h3-6,10,14H,7-9H2,1-2H3. The monoisotopic (exact) mass is 246 g/mol. The lowest BCUT2D eigenvalue weighted by molar-refractivity contribution is -0.0999. The molecule has 1 fully saturated rings. The minimum absolute atomic E-state index is 0.180. The van der Waals surface area contributed by atoms with Gasteiger partial charge in [-0.25, -0.2) is 0 Å². The van der Waals surface area contributed by atoms with Crippen LogP contribution in [0.3, 0.4) is 0 Å². The van der Waals surface area contributed by atoms with Crippen LogP contribution in [0.4, 0.5) is 0 Å². The second-order valence-electron chi connectivity index (χ2n) is 5.39. The third-order valence-electron chi connectivity index (χ3n) is 3.46. The number of pyridine rings is 1. The molecule has 1 unspecified atom stereocenters. The van der Waals surface area contributed by atoms with Crippen LogP contribution in [0.25, 0.3) is 5.65 Å². The minimum Gasteiger partial charge on any atom is -0.380 e. The summed E-state index contributed by atoms with van der Waals surface area (Å²) in [5.74, 6) is 0.953. The summed E-state index contributed by atoms with van der Waals surface area (Å²) in [7, 11) is 0. The predicted octanol–water partition coefficient (Wildman–Crippen LogP) is 1.42. The quantitative estimate of drug-likeness (QED) is 0.886. The summed E-state index contributed by atoms with van der Waals surface area (Å²) < 4.78 is 7.28. The normalized spacial score (nSPS) is 19.7. The Bertz CT molecular complexity index is 547. The highest BCUT2D eigenvalue weighted by Crippen LogP contribution is 2.26. The highest BCUT2D eigenvalue weighted by molar-refractivity contribution is 5.37. The van der Waals surface area contributed by atoms with Crippen LogP contribution in [0.1, 0.15) is 25.7 Å². The van der Waals surface area contributed by atoms with Crippen LogP contribution in [0.5, 0.6) is 0 Å². The van der Waals surface area contributed by atoms with Gasteiger partial charge in [0.1, 0.15) is 0 Å². The first-order valence-corrected chi connectivity index (χ1v) is 6.29. The van der Waals surface area contributed by atoms with Crippen molar-refractivity contribution in [3.05, 3.63) is 30.2 Å². The molecule has 1 atom stereocenters. The number of hydrogen-bond acceptors (Lipinski definition) is 4. The van der Waals surface area contributed by atoms with E-state index < -0.39 is 0 Å². The van der Waals surface area contributed by atoms with Crippen LogP contribution in [-0.4, -0.2) is 34.4 Å². The van der Waals surface area contributed by atoms with Crippen LogP contribution in [0.2, 0.25) is 0 Å². The van der Waals surface area contributed by atoms with E-state index in [-0.39, 0.29) is 11.5 Å². The molecular weight excluding hydrogens is 228 g/mol. The number of hydrogen-bond donors (Lipinski definition) is 1. The summed E-state index contributed by atoms with van der Waals surface area (Å²) in [6, 6.07) is 6.11. The fourth-order valence-corrected chi connectivity index (χ4v) is 2.20. The molecule has 5 nitrogen and oxygen atoms in total. The minimum atomic E-state index is 0.180. The topological polar surface area (TPSA) is 51.5 Å². The average molecular weight is 246 g/mol. The Hall–Kier alpha value is -1.46. The fourth-order valence-electron chi connectivity index (χ4n) is 2.20. The zero-order valence-electron chi connectivity index (χ0n) is 10.8. The Labute approximate surface area is 106 Å². The zero-order valence-corrected chi connectivity index (χ0v) is 10.8. The van der Waals surface area contributed by atoms with Crippen molar-refractivity contribution in [1.82, 2.24) is 19.9 Å². The first kappa shape index (κ1) is 11.6. The first-order chi connectivity index (χ1) is 8.68. The number of aromatic nitrogens is 3. The maximum atomic E-state index is 5.26. The van der Waals surface area contributed by atoms with Crippen molar-refractivity contribution in [3.8, 4) is 0 Å². The average Bonchev–Trinajstić information content (AvgIpc) is 2.77. The third-order valence-corrected chi connectivity index (χ3v) is 3.46. The molecule has 2 aromatic heterocycles. The Balaban J connectivity index is 1.73. The van der Waals surface area contributed by atoms with Crippen LogP contribution in [0.15, 0.2) is 24.4 Å². The van der Waals surface area contributed by atoms with E-state index in [1.54, 1.807) is 0 Å². The van der Waals surface area contributed by atoms with E-state index in [4.69, 9.17) is 4.74 Å². The second kappa shape index (κ2) is 4.33. The van der Waals surface area contributed by atoms with Gasteiger partial charge in [0.25, 0.3) is 0 Å². The van der Waals surface area contributed by atoms with Gasteiger partial charge in [0.05, 0.1) is 19.3 Å². The van der Waals surface area contributed by atoms with Crippen LogP contribution in [0, 0.1) is 5.41 Å². The summed E-state index contributed by atoms with van der Waals surface area (Å²) in [6.07, 6.45) is 2.00. The molecule has 0 aromatic carbocycles. The van der Waals surface area contributed by atoms with E-state index in [9.17, 15) is 0 Å². The molecular formula is C13H18N4O. The lowest BCUT2D eigenvalue weighted by Crippen LogP contribution is -2.47. The van der Waals surface area contributed by atoms with Gasteiger partial charge in [0.2, 0.25) is 0 Å². The number of nitrogens with one attached hydrogen (secondary N) is 1. The molecule has 1 aliphatic rings. The van der Waals surface area contributed by atoms with E-state index in [1.165, 1.54) is 0 Å². The van der Waals surface area contributed by atoms with Crippen molar-refractivity contribution in [3.63, 3.8) is 0 Å². The molecule has 3 heterocycles. The van der Waals surface area contributed by atoms with Crippen LogP contribution >= 0.6 is 0 Å². The summed E-state index contributed by atoms with van der Waals surface area (Å²) >= 11 is 0. The van der Waals surface area contributed by atoms with Crippen LogP contribution < -0.4 is 5.32 Å². The number of nitrogens with zero attached hydrogens (tertiary/aromatic N) is 3. The summed E-state index contributed by atoms with van der Waals surface area (Å²) in [4.78, 5) is 0. The molecule has 0 spiro atoms. The highest BCUT2D eigenvalue weighted by Gasteiger charge is 2.33. The smallest absolute Gasteiger partial charge is 0.160 e. The van der Waals surface area contributed by atoms with Crippen molar-refractivity contribution in [2.75, 3.05) is 19.8 Å². The van der Waals surface area contributed by atoms with Gasteiger partial charge in [-0.2, -0.15) is 0 Å². The van der Waals surface area contributed by atoms with Crippen LogP contribution in [-0.2, 0) is 4.74 Å². The molecule has 1 N–H and O–H groups in total. The zero-order chi connectivity index (χ0) is 12.6. The van der Waals surface area contributed by atoms with E-state index in [0.29, 0.717) is 0 Å². The summed E-state index contributed by atoms with van der Waals surface area (Å²) in [6.45, 7) is 6.97. The van der Waals surface area contributed by atoms with E-state index in [0.717, 1.165) is 31.2 Å². The molecule has 0 bridgehead atoms. The van der Waals surface area contributed by atoms with Gasteiger partial charge in [0, 0.05) is 18.2 Å². The first-order valence-electron chi connectivity index (χ1n) is 6.29. The Morgan fingerprint density at radius 1 is 1.44 bits per heavy atom.